The lowest BCUT2D eigenvalue weighted by molar-refractivity contribution is -0.0253. The number of aryl methyl sites for hydroxylation is 2. The quantitative estimate of drug-likeness (QED) is 0.880. The first kappa shape index (κ1) is 13.9. The molecule has 1 saturated heterocycles. The molecule has 1 unspecified atom stereocenters. The molecule has 1 aromatic rings. The number of nitrogens with one attached hydrogen (secondary N) is 1. The maximum absolute atomic E-state index is 5.77. The van der Waals surface area contributed by atoms with Crippen LogP contribution in [0.5, 0.6) is 0 Å². The van der Waals surface area contributed by atoms with E-state index in [1.165, 1.54) is 4.88 Å². The van der Waals surface area contributed by atoms with E-state index in [0.717, 1.165) is 50.0 Å². The Hall–Kier alpha value is -0.490. The number of morpholine rings is 1. The summed E-state index contributed by atoms with van der Waals surface area (Å²) in [6, 6.07) is 0. The average molecular weight is 269 g/mol. The molecule has 1 fully saturated rings. The predicted octanol–water partition coefficient (Wildman–Crippen LogP) is 1.57. The molecule has 5 heteroatoms. The minimum Gasteiger partial charge on any atom is -0.374 e. The Labute approximate surface area is 113 Å². The van der Waals surface area contributed by atoms with Gasteiger partial charge in [-0.05, 0) is 20.4 Å². The first-order chi connectivity index (χ1) is 8.69. The maximum Gasteiger partial charge on any atom is 0.0900 e. The van der Waals surface area contributed by atoms with E-state index in [1.54, 1.807) is 11.3 Å². The van der Waals surface area contributed by atoms with Gasteiger partial charge < -0.3 is 10.1 Å². The van der Waals surface area contributed by atoms with Crippen molar-refractivity contribution in [3.05, 3.63) is 15.6 Å². The van der Waals surface area contributed by atoms with Gasteiger partial charge in [0.15, 0.2) is 0 Å². The Morgan fingerprint density at radius 2 is 2.33 bits per heavy atom. The van der Waals surface area contributed by atoms with Crippen molar-refractivity contribution in [2.45, 2.75) is 33.4 Å². The summed E-state index contributed by atoms with van der Waals surface area (Å²) in [4.78, 5) is 8.23. The number of likely N-dealkylation sites (N-methyl/N-ethyl adjacent to an activating group) is 1. The molecule has 2 heterocycles. The second kappa shape index (κ2) is 6.61. The average Bonchev–Trinajstić information content (AvgIpc) is 2.68. The van der Waals surface area contributed by atoms with Gasteiger partial charge in [0.05, 0.1) is 23.4 Å². The van der Waals surface area contributed by atoms with Gasteiger partial charge in [-0.1, -0.05) is 6.92 Å². The van der Waals surface area contributed by atoms with Crippen molar-refractivity contribution >= 4 is 11.3 Å². The Balaban J connectivity index is 1.73. The molecule has 0 aliphatic carbocycles. The molecule has 1 atom stereocenters. The fourth-order valence-electron chi connectivity index (χ4n) is 2.28. The number of aromatic nitrogens is 1. The van der Waals surface area contributed by atoms with E-state index in [1.807, 2.05) is 0 Å². The van der Waals surface area contributed by atoms with Crippen molar-refractivity contribution in [1.82, 2.24) is 15.2 Å². The van der Waals surface area contributed by atoms with Gasteiger partial charge >= 0.3 is 0 Å². The summed E-state index contributed by atoms with van der Waals surface area (Å²) >= 11 is 1.78. The molecule has 1 aliphatic heterocycles. The lowest BCUT2D eigenvalue weighted by Gasteiger charge is -2.32. The number of thiazole rings is 1. The molecule has 1 N–H and O–H groups in total. The summed E-state index contributed by atoms with van der Waals surface area (Å²) < 4.78 is 5.77. The van der Waals surface area contributed by atoms with Crippen LogP contribution in [0.15, 0.2) is 0 Å². The highest BCUT2D eigenvalue weighted by atomic mass is 32.1. The van der Waals surface area contributed by atoms with Crippen LogP contribution >= 0.6 is 11.3 Å². The maximum atomic E-state index is 5.77. The highest BCUT2D eigenvalue weighted by Crippen LogP contribution is 2.16. The number of rotatable bonds is 5. The van der Waals surface area contributed by atoms with Gasteiger partial charge in [-0.15, -0.1) is 11.3 Å². The molecule has 0 aromatic carbocycles. The van der Waals surface area contributed by atoms with Crippen molar-refractivity contribution in [2.75, 3.05) is 32.8 Å². The van der Waals surface area contributed by atoms with Crippen LogP contribution in [-0.2, 0) is 11.3 Å². The lowest BCUT2D eigenvalue weighted by atomic mass is 10.2. The molecule has 1 aromatic heterocycles. The van der Waals surface area contributed by atoms with Gasteiger partial charge in [-0.2, -0.15) is 0 Å². The van der Waals surface area contributed by atoms with E-state index in [4.69, 9.17) is 4.74 Å². The molecule has 2 rings (SSSR count). The smallest absolute Gasteiger partial charge is 0.0900 e. The second-order valence-corrected chi connectivity index (χ2v) is 6.05. The first-order valence-corrected chi connectivity index (χ1v) is 7.48. The van der Waals surface area contributed by atoms with Crippen molar-refractivity contribution in [2.24, 2.45) is 0 Å². The monoisotopic (exact) mass is 269 g/mol. The van der Waals surface area contributed by atoms with E-state index in [0.29, 0.717) is 6.10 Å². The van der Waals surface area contributed by atoms with Crippen molar-refractivity contribution < 1.29 is 4.74 Å². The van der Waals surface area contributed by atoms with Gasteiger partial charge in [0.2, 0.25) is 0 Å². The Morgan fingerprint density at radius 3 is 3.00 bits per heavy atom. The van der Waals surface area contributed by atoms with E-state index in [2.05, 4.69) is 36.0 Å². The van der Waals surface area contributed by atoms with Crippen LogP contribution < -0.4 is 5.32 Å². The summed E-state index contributed by atoms with van der Waals surface area (Å²) in [7, 11) is 0. The van der Waals surface area contributed by atoms with Crippen LogP contribution in [0.25, 0.3) is 0 Å². The number of ether oxygens (including phenoxy) is 1. The fourth-order valence-corrected chi connectivity index (χ4v) is 3.18. The molecular weight excluding hydrogens is 246 g/mol. The molecule has 18 heavy (non-hydrogen) atoms. The topological polar surface area (TPSA) is 37.4 Å². The van der Waals surface area contributed by atoms with E-state index >= 15 is 0 Å². The van der Waals surface area contributed by atoms with E-state index in [9.17, 15) is 0 Å². The molecule has 0 spiro atoms. The van der Waals surface area contributed by atoms with E-state index in [-0.39, 0.29) is 0 Å². The molecule has 0 radical (unpaired) electrons. The van der Waals surface area contributed by atoms with Crippen LogP contribution in [0.1, 0.15) is 22.5 Å². The van der Waals surface area contributed by atoms with Gasteiger partial charge in [0.25, 0.3) is 0 Å². The lowest BCUT2D eigenvalue weighted by Crippen LogP contribution is -2.46. The summed E-state index contributed by atoms with van der Waals surface area (Å²) in [5, 5.41) is 4.64. The standard InChI is InChI=1S/C13H23N3OS/c1-4-16-5-6-17-12(9-16)7-14-8-13-10(2)15-11(3)18-13/h12,14H,4-9H2,1-3H3. The van der Waals surface area contributed by atoms with Crippen LogP contribution in [0.3, 0.4) is 0 Å². The SMILES string of the molecule is CCN1CCOC(CNCc2sc(C)nc2C)C1. The van der Waals surface area contributed by atoms with Crippen LogP contribution in [0, 0.1) is 13.8 Å². The summed E-state index contributed by atoms with van der Waals surface area (Å²) in [5.41, 5.74) is 1.16. The van der Waals surface area contributed by atoms with Crippen LogP contribution in [0.4, 0.5) is 0 Å². The number of hydrogen-bond donors (Lipinski definition) is 1. The summed E-state index contributed by atoms with van der Waals surface area (Å²) in [6.07, 6.45) is 0.327. The van der Waals surface area contributed by atoms with Crippen molar-refractivity contribution in [3.8, 4) is 0 Å². The molecule has 4 nitrogen and oxygen atoms in total. The molecule has 0 saturated carbocycles. The molecule has 1 aliphatic rings. The summed E-state index contributed by atoms with van der Waals surface area (Å²) in [6.45, 7) is 12.3. The minimum absolute atomic E-state index is 0.327. The predicted molar refractivity (Wildman–Crippen MR) is 75.1 cm³/mol. The van der Waals surface area contributed by atoms with Gasteiger partial charge in [-0.25, -0.2) is 4.98 Å². The minimum atomic E-state index is 0.327. The van der Waals surface area contributed by atoms with Gasteiger partial charge in [-0.3, -0.25) is 4.90 Å². The normalized spacial score (nSPS) is 21.4. The number of nitrogens with zero attached hydrogens (tertiary/aromatic N) is 2. The zero-order valence-electron chi connectivity index (χ0n) is 11.5. The van der Waals surface area contributed by atoms with Crippen molar-refractivity contribution in [1.29, 1.82) is 0 Å². The molecule has 102 valence electrons. The molecule has 0 bridgehead atoms. The Bertz CT molecular complexity index is 380. The van der Waals surface area contributed by atoms with Crippen LogP contribution in [0.2, 0.25) is 0 Å². The highest BCUT2D eigenvalue weighted by Gasteiger charge is 2.18. The molecular formula is C13H23N3OS. The molecule has 0 amide bonds. The van der Waals surface area contributed by atoms with Gasteiger partial charge in [0.1, 0.15) is 0 Å². The Kier molecular flexibility index (Phi) is 5.12. The highest BCUT2D eigenvalue weighted by molar-refractivity contribution is 7.11. The third-order valence-electron chi connectivity index (χ3n) is 3.33. The van der Waals surface area contributed by atoms with Crippen LogP contribution in [-0.4, -0.2) is 48.8 Å². The zero-order chi connectivity index (χ0) is 13.0. The number of hydrogen-bond acceptors (Lipinski definition) is 5. The zero-order valence-corrected chi connectivity index (χ0v) is 12.3. The Morgan fingerprint density at radius 1 is 1.50 bits per heavy atom. The largest absolute Gasteiger partial charge is 0.374 e. The summed E-state index contributed by atoms with van der Waals surface area (Å²) in [5.74, 6) is 0. The van der Waals surface area contributed by atoms with Gasteiger partial charge in [0, 0.05) is 31.1 Å². The van der Waals surface area contributed by atoms with E-state index < -0.39 is 0 Å². The van der Waals surface area contributed by atoms with Crippen molar-refractivity contribution in [3.63, 3.8) is 0 Å². The fraction of sp³-hybridized carbons (Fsp3) is 0.769. The third-order valence-corrected chi connectivity index (χ3v) is 4.40. The third kappa shape index (κ3) is 3.75. The first-order valence-electron chi connectivity index (χ1n) is 6.66. The second-order valence-electron chi connectivity index (χ2n) is 4.76.